The molecule has 1 aliphatic heterocycles. The van der Waals surface area contributed by atoms with E-state index in [9.17, 15) is 0 Å². The predicted octanol–water partition coefficient (Wildman–Crippen LogP) is -0.406. The van der Waals surface area contributed by atoms with Gasteiger partial charge in [-0.15, -0.1) is 0 Å². The van der Waals surface area contributed by atoms with E-state index in [1.807, 2.05) is 0 Å². The van der Waals surface area contributed by atoms with Gasteiger partial charge in [0.25, 0.3) is 0 Å². The summed E-state index contributed by atoms with van der Waals surface area (Å²) in [6.45, 7) is 3.66. The fourth-order valence-corrected chi connectivity index (χ4v) is 1.47. The third-order valence-electron chi connectivity index (χ3n) is 2.22. The Kier molecular flexibility index (Phi) is 3.50. The zero-order chi connectivity index (χ0) is 9.73. The van der Waals surface area contributed by atoms with Gasteiger partial charge in [-0.25, -0.2) is 5.84 Å². The molecule has 0 aromatic heterocycles. The molecule has 1 rings (SSSR count). The normalized spacial score (nSPS) is 29.9. The average Bonchev–Trinajstić information content (AvgIpc) is 2.15. The van der Waals surface area contributed by atoms with Crippen LogP contribution in [0.3, 0.4) is 0 Å². The number of nitrogens with zero attached hydrogens (tertiary/aromatic N) is 1. The zero-order valence-electron chi connectivity index (χ0n) is 8.26. The minimum atomic E-state index is -0.0422. The van der Waals surface area contributed by atoms with Crippen molar-refractivity contribution in [3.05, 3.63) is 0 Å². The van der Waals surface area contributed by atoms with Crippen molar-refractivity contribution in [3.8, 4) is 0 Å². The molecule has 5 heteroatoms. The van der Waals surface area contributed by atoms with Gasteiger partial charge >= 0.3 is 0 Å². The summed E-state index contributed by atoms with van der Waals surface area (Å²) in [4.78, 5) is 3.96. The van der Waals surface area contributed by atoms with Crippen molar-refractivity contribution < 1.29 is 4.74 Å². The Morgan fingerprint density at radius 3 is 2.85 bits per heavy atom. The van der Waals surface area contributed by atoms with Crippen LogP contribution in [0, 0.1) is 0 Å². The number of nitrogens with two attached hydrogens (primary N) is 1. The van der Waals surface area contributed by atoms with Crippen LogP contribution in [0.25, 0.3) is 0 Å². The highest BCUT2D eigenvalue weighted by molar-refractivity contribution is 5.79. The lowest BCUT2D eigenvalue weighted by atomic mass is 9.95. The SMILES string of the molecule is CN=C(NN)NC1(C)CCCOC1. The molecule has 0 radical (unpaired) electrons. The molecule has 5 nitrogen and oxygen atoms in total. The Labute approximate surface area is 78.7 Å². The second-order valence-corrected chi connectivity index (χ2v) is 3.56. The Morgan fingerprint density at radius 2 is 2.38 bits per heavy atom. The van der Waals surface area contributed by atoms with Crippen LogP contribution < -0.4 is 16.6 Å². The molecule has 13 heavy (non-hydrogen) atoms. The van der Waals surface area contributed by atoms with Crippen LogP contribution in [0.4, 0.5) is 0 Å². The van der Waals surface area contributed by atoms with E-state index < -0.39 is 0 Å². The number of hydrogen-bond donors (Lipinski definition) is 3. The smallest absolute Gasteiger partial charge is 0.205 e. The molecule has 0 bridgehead atoms. The highest BCUT2D eigenvalue weighted by Gasteiger charge is 2.28. The Morgan fingerprint density at radius 1 is 1.62 bits per heavy atom. The van der Waals surface area contributed by atoms with Crippen molar-refractivity contribution in [3.63, 3.8) is 0 Å². The van der Waals surface area contributed by atoms with Crippen LogP contribution in [-0.4, -0.2) is 31.8 Å². The summed E-state index contributed by atoms with van der Waals surface area (Å²) in [6.07, 6.45) is 2.15. The molecule has 1 saturated heterocycles. The molecular weight excluding hydrogens is 168 g/mol. The van der Waals surface area contributed by atoms with Gasteiger partial charge in [-0.05, 0) is 19.8 Å². The standard InChI is InChI=1S/C8H18N4O/c1-8(4-3-5-13-6-8)11-7(10-2)12-9/h3-6,9H2,1-2H3,(H2,10,11,12). The second-order valence-electron chi connectivity index (χ2n) is 3.56. The summed E-state index contributed by atoms with van der Waals surface area (Å²) in [5.74, 6) is 5.88. The first-order valence-corrected chi connectivity index (χ1v) is 4.49. The van der Waals surface area contributed by atoms with Crippen molar-refractivity contribution in [1.29, 1.82) is 0 Å². The molecule has 1 aliphatic rings. The number of guanidine groups is 1. The van der Waals surface area contributed by atoms with E-state index >= 15 is 0 Å². The fourth-order valence-electron chi connectivity index (χ4n) is 1.47. The fraction of sp³-hybridized carbons (Fsp3) is 0.875. The molecule has 76 valence electrons. The second kappa shape index (κ2) is 4.43. The van der Waals surface area contributed by atoms with Crippen LogP contribution in [0.5, 0.6) is 0 Å². The van der Waals surface area contributed by atoms with E-state index in [1.165, 1.54) is 0 Å². The zero-order valence-corrected chi connectivity index (χ0v) is 8.26. The van der Waals surface area contributed by atoms with Crippen molar-refractivity contribution in [2.75, 3.05) is 20.3 Å². The van der Waals surface area contributed by atoms with E-state index in [-0.39, 0.29) is 5.54 Å². The summed E-state index contributed by atoms with van der Waals surface area (Å²) in [7, 11) is 1.69. The van der Waals surface area contributed by atoms with Gasteiger partial charge in [-0.3, -0.25) is 10.4 Å². The Hall–Kier alpha value is -0.810. The van der Waals surface area contributed by atoms with Gasteiger partial charge in [0.1, 0.15) is 0 Å². The lowest BCUT2D eigenvalue weighted by Gasteiger charge is -2.35. The van der Waals surface area contributed by atoms with E-state index in [0.29, 0.717) is 12.6 Å². The van der Waals surface area contributed by atoms with Crippen LogP contribution >= 0.6 is 0 Å². The highest BCUT2D eigenvalue weighted by Crippen LogP contribution is 2.17. The summed E-state index contributed by atoms with van der Waals surface area (Å²) in [6, 6.07) is 0. The first-order chi connectivity index (χ1) is 6.20. The van der Waals surface area contributed by atoms with Crippen molar-refractivity contribution in [1.82, 2.24) is 10.7 Å². The van der Waals surface area contributed by atoms with Gasteiger partial charge in [0.05, 0.1) is 12.1 Å². The molecule has 0 amide bonds. The van der Waals surface area contributed by atoms with Crippen LogP contribution in [-0.2, 0) is 4.74 Å². The highest BCUT2D eigenvalue weighted by atomic mass is 16.5. The first-order valence-electron chi connectivity index (χ1n) is 4.49. The maximum atomic E-state index is 5.39. The molecule has 4 N–H and O–H groups in total. The van der Waals surface area contributed by atoms with Crippen molar-refractivity contribution in [2.24, 2.45) is 10.8 Å². The minimum absolute atomic E-state index is 0.0422. The number of aliphatic imine (C=N–C) groups is 1. The van der Waals surface area contributed by atoms with Gasteiger partial charge in [0.15, 0.2) is 0 Å². The summed E-state index contributed by atoms with van der Waals surface area (Å²) >= 11 is 0. The van der Waals surface area contributed by atoms with E-state index in [1.54, 1.807) is 7.05 Å². The van der Waals surface area contributed by atoms with Crippen LogP contribution in [0.1, 0.15) is 19.8 Å². The molecule has 0 saturated carbocycles. The summed E-state index contributed by atoms with van der Waals surface area (Å²) in [5, 5.41) is 3.22. The molecule has 0 aromatic carbocycles. The van der Waals surface area contributed by atoms with Crippen molar-refractivity contribution in [2.45, 2.75) is 25.3 Å². The lowest BCUT2D eigenvalue weighted by Crippen LogP contribution is -2.56. The quantitative estimate of drug-likeness (QED) is 0.225. The third kappa shape index (κ3) is 2.86. The first kappa shape index (κ1) is 10.3. The average molecular weight is 186 g/mol. The largest absolute Gasteiger partial charge is 0.379 e. The van der Waals surface area contributed by atoms with Crippen LogP contribution in [0.15, 0.2) is 4.99 Å². The molecular formula is C8H18N4O. The molecule has 0 aromatic rings. The minimum Gasteiger partial charge on any atom is -0.379 e. The molecule has 1 heterocycles. The number of rotatable bonds is 1. The summed E-state index contributed by atoms with van der Waals surface area (Å²) < 4.78 is 5.39. The molecule has 0 spiro atoms. The van der Waals surface area contributed by atoms with E-state index in [4.69, 9.17) is 10.6 Å². The van der Waals surface area contributed by atoms with Gasteiger partial charge in [0, 0.05) is 13.7 Å². The van der Waals surface area contributed by atoms with Crippen LogP contribution in [0.2, 0.25) is 0 Å². The molecule has 1 unspecified atom stereocenters. The Bertz CT molecular complexity index is 187. The lowest BCUT2D eigenvalue weighted by molar-refractivity contribution is 0.0367. The van der Waals surface area contributed by atoms with Gasteiger partial charge in [0.2, 0.25) is 5.96 Å². The van der Waals surface area contributed by atoms with Gasteiger partial charge in [-0.2, -0.15) is 0 Å². The monoisotopic (exact) mass is 186 g/mol. The topological polar surface area (TPSA) is 71.7 Å². The van der Waals surface area contributed by atoms with Gasteiger partial charge in [-0.1, -0.05) is 0 Å². The number of ether oxygens (including phenoxy) is 1. The van der Waals surface area contributed by atoms with E-state index in [0.717, 1.165) is 19.4 Å². The van der Waals surface area contributed by atoms with E-state index in [2.05, 4.69) is 22.7 Å². The molecule has 1 fully saturated rings. The number of hydrazine groups is 1. The third-order valence-corrected chi connectivity index (χ3v) is 2.22. The van der Waals surface area contributed by atoms with Gasteiger partial charge < -0.3 is 10.1 Å². The Balaban J connectivity index is 2.49. The maximum Gasteiger partial charge on any atom is 0.205 e. The number of hydrogen-bond acceptors (Lipinski definition) is 3. The number of nitrogens with one attached hydrogen (secondary N) is 2. The summed E-state index contributed by atoms with van der Waals surface area (Å²) in [5.41, 5.74) is 2.47. The maximum absolute atomic E-state index is 5.39. The van der Waals surface area contributed by atoms with Crippen molar-refractivity contribution >= 4 is 5.96 Å². The molecule has 1 atom stereocenters. The molecule has 0 aliphatic carbocycles. The predicted molar refractivity (Wildman–Crippen MR) is 52.3 cm³/mol.